The summed E-state index contributed by atoms with van der Waals surface area (Å²) in [6.07, 6.45) is 3.44. The van der Waals surface area contributed by atoms with Crippen LogP contribution in [0.2, 0.25) is 0 Å². The molecule has 2 heterocycles. The number of hydrogen-bond acceptors (Lipinski definition) is 5. The summed E-state index contributed by atoms with van der Waals surface area (Å²) in [5.74, 6) is 1.22. The first kappa shape index (κ1) is 15.7. The highest BCUT2D eigenvalue weighted by Crippen LogP contribution is 2.32. The zero-order valence-corrected chi connectivity index (χ0v) is 13.7. The van der Waals surface area contributed by atoms with Crippen LogP contribution in [-0.4, -0.2) is 31.8 Å². The zero-order chi connectivity index (χ0) is 14.5. The molecule has 20 heavy (non-hydrogen) atoms. The van der Waals surface area contributed by atoms with Gasteiger partial charge in [0.25, 0.3) is 0 Å². The fraction of sp³-hybridized carbons (Fsp3) is 0.800. The first-order chi connectivity index (χ1) is 9.65. The van der Waals surface area contributed by atoms with Gasteiger partial charge in [0, 0.05) is 38.2 Å². The van der Waals surface area contributed by atoms with Gasteiger partial charge in [-0.3, -0.25) is 0 Å². The minimum absolute atomic E-state index is 0.495. The summed E-state index contributed by atoms with van der Waals surface area (Å²) in [6.45, 7) is 7.92. The normalized spacial score (nSPS) is 18.2. The molecule has 1 saturated heterocycles. The van der Waals surface area contributed by atoms with Crippen LogP contribution >= 0.6 is 11.3 Å². The fourth-order valence-electron chi connectivity index (χ4n) is 2.63. The summed E-state index contributed by atoms with van der Waals surface area (Å²) in [6, 6.07) is 0. The molecule has 5 heteroatoms. The molecule has 1 aromatic heterocycles. The van der Waals surface area contributed by atoms with Gasteiger partial charge in [0.05, 0.1) is 5.69 Å². The van der Waals surface area contributed by atoms with E-state index in [-0.39, 0.29) is 0 Å². The molecule has 1 aliphatic heterocycles. The molecule has 2 N–H and O–H groups in total. The lowest BCUT2D eigenvalue weighted by Gasteiger charge is -2.26. The van der Waals surface area contributed by atoms with Gasteiger partial charge in [-0.1, -0.05) is 13.8 Å². The number of rotatable bonds is 6. The van der Waals surface area contributed by atoms with Crippen molar-refractivity contribution < 1.29 is 4.74 Å². The number of nitrogens with two attached hydrogens (primary N) is 1. The molecule has 1 unspecified atom stereocenters. The SMILES string of the molecule is CCC(C)c1nc(N(C)CC2CCOCC2)sc1CN. The monoisotopic (exact) mass is 297 g/mol. The lowest BCUT2D eigenvalue weighted by Crippen LogP contribution is -2.29. The van der Waals surface area contributed by atoms with Crippen LogP contribution in [0.1, 0.15) is 49.6 Å². The van der Waals surface area contributed by atoms with E-state index in [1.165, 1.54) is 10.6 Å². The van der Waals surface area contributed by atoms with Gasteiger partial charge in [0.2, 0.25) is 0 Å². The number of nitrogens with zero attached hydrogens (tertiary/aromatic N) is 2. The van der Waals surface area contributed by atoms with Crippen LogP contribution in [0.4, 0.5) is 5.13 Å². The van der Waals surface area contributed by atoms with Crippen LogP contribution in [0, 0.1) is 5.92 Å². The van der Waals surface area contributed by atoms with Crippen molar-refractivity contribution in [1.82, 2.24) is 4.98 Å². The smallest absolute Gasteiger partial charge is 0.185 e. The molecule has 0 bridgehead atoms. The molecule has 1 aromatic rings. The second-order valence-corrected chi connectivity index (χ2v) is 6.82. The quantitative estimate of drug-likeness (QED) is 0.877. The Kier molecular flexibility index (Phi) is 5.81. The van der Waals surface area contributed by atoms with Crippen LogP contribution in [0.25, 0.3) is 0 Å². The largest absolute Gasteiger partial charge is 0.381 e. The van der Waals surface area contributed by atoms with Crippen molar-refractivity contribution in [2.45, 2.75) is 45.6 Å². The van der Waals surface area contributed by atoms with Gasteiger partial charge in [-0.15, -0.1) is 11.3 Å². The Morgan fingerprint density at radius 2 is 2.15 bits per heavy atom. The average molecular weight is 297 g/mol. The molecule has 1 fully saturated rings. The van der Waals surface area contributed by atoms with E-state index in [0.717, 1.165) is 50.1 Å². The zero-order valence-electron chi connectivity index (χ0n) is 12.9. The highest BCUT2D eigenvalue weighted by molar-refractivity contribution is 7.15. The maximum Gasteiger partial charge on any atom is 0.185 e. The third-order valence-electron chi connectivity index (χ3n) is 4.18. The van der Waals surface area contributed by atoms with Crippen LogP contribution in [-0.2, 0) is 11.3 Å². The number of ether oxygens (including phenoxy) is 1. The van der Waals surface area contributed by atoms with Crippen LogP contribution < -0.4 is 10.6 Å². The van der Waals surface area contributed by atoms with Gasteiger partial charge in [0.1, 0.15) is 0 Å². The number of thiazole rings is 1. The van der Waals surface area contributed by atoms with Crippen LogP contribution in [0.5, 0.6) is 0 Å². The number of anilines is 1. The Hall–Kier alpha value is -0.650. The van der Waals surface area contributed by atoms with E-state index in [4.69, 9.17) is 15.5 Å². The Bertz CT molecular complexity index is 415. The average Bonchev–Trinajstić information content (AvgIpc) is 2.92. The van der Waals surface area contributed by atoms with E-state index in [9.17, 15) is 0 Å². The van der Waals surface area contributed by atoms with Crippen molar-refractivity contribution >= 4 is 16.5 Å². The Labute approximate surface area is 126 Å². The molecule has 114 valence electrons. The molecular formula is C15H27N3OS. The maximum atomic E-state index is 5.88. The van der Waals surface area contributed by atoms with E-state index in [0.29, 0.717) is 12.5 Å². The van der Waals surface area contributed by atoms with Crippen molar-refractivity contribution in [2.75, 3.05) is 31.7 Å². The summed E-state index contributed by atoms with van der Waals surface area (Å²) in [5.41, 5.74) is 7.08. The van der Waals surface area contributed by atoms with Crippen molar-refractivity contribution in [3.63, 3.8) is 0 Å². The van der Waals surface area contributed by atoms with Crippen molar-refractivity contribution in [2.24, 2.45) is 11.7 Å². The molecular weight excluding hydrogens is 270 g/mol. The van der Waals surface area contributed by atoms with Crippen molar-refractivity contribution in [1.29, 1.82) is 0 Å². The second-order valence-electron chi connectivity index (χ2n) is 5.75. The van der Waals surface area contributed by atoms with Gasteiger partial charge in [-0.05, 0) is 31.1 Å². The lowest BCUT2D eigenvalue weighted by atomic mass is 10.0. The van der Waals surface area contributed by atoms with Gasteiger partial charge in [-0.2, -0.15) is 0 Å². The highest BCUT2D eigenvalue weighted by Gasteiger charge is 2.20. The summed E-state index contributed by atoms with van der Waals surface area (Å²) >= 11 is 1.76. The molecule has 0 amide bonds. The predicted molar refractivity (Wildman–Crippen MR) is 85.5 cm³/mol. The van der Waals surface area contributed by atoms with E-state index < -0.39 is 0 Å². The van der Waals surface area contributed by atoms with Gasteiger partial charge in [-0.25, -0.2) is 4.98 Å². The molecule has 1 atom stereocenters. The third kappa shape index (κ3) is 3.71. The minimum Gasteiger partial charge on any atom is -0.381 e. The van der Waals surface area contributed by atoms with E-state index in [1.54, 1.807) is 11.3 Å². The molecule has 2 rings (SSSR count). The van der Waals surface area contributed by atoms with Gasteiger partial charge < -0.3 is 15.4 Å². The fourth-order valence-corrected chi connectivity index (χ4v) is 3.66. The van der Waals surface area contributed by atoms with Crippen LogP contribution in [0.15, 0.2) is 0 Å². The summed E-state index contributed by atoms with van der Waals surface area (Å²) in [5, 5.41) is 1.12. The third-order valence-corrected chi connectivity index (χ3v) is 5.39. The topological polar surface area (TPSA) is 51.4 Å². The highest BCUT2D eigenvalue weighted by atomic mass is 32.1. The van der Waals surface area contributed by atoms with Gasteiger partial charge >= 0.3 is 0 Å². The molecule has 0 radical (unpaired) electrons. The van der Waals surface area contributed by atoms with Crippen molar-refractivity contribution in [3.8, 4) is 0 Å². The predicted octanol–water partition coefficient (Wildman–Crippen LogP) is 2.98. The number of hydrogen-bond donors (Lipinski definition) is 1. The molecule has 4 nitrogen and oxygen atoms in total. The van der Waals surface area contributed by atoms with Crippen LogP contribution in [0.3, 0.4) is 0 Å². The second kappa shape index (κ2) is 7.38. The number of aromatic nitrogens is 1. The summed E-state index contributed by atoms with van der Waals surface area (Å²) in [4.78, 5) is 8.39. The summed E-state index contributed by atoms with van der Waals surface area (Å²) < 4.78 is 5.43. The summed E-state index contributed by atoms with van der Waals surface area (Å²) in [7, 11) is 2.15. The van der Waals surface area contributed by atoms with Crippen molar-refractivity contribution in [3.05, 3.63) is 10.6 Å². The molecule has 0 saturated carbocycles. The Balaban J connectivity index is 2.05. The maximum absolute atomic E-state index is 5.88. The Morgan fingerprint density at radius 1 is 1.45 bits per heavy atom. The molecule has 0 aromatic carbocycles. The first-order valence-electron chi connectivity index (χ1n) is 7.64. The van der Waals surface area contributed by atoms with E-state index in [1.807, 2.05) is 0 Å². The molecule has 0 aliphatic carbocycles. The van der Waals surface area contributed by atoms with E-state index >= 15 is 0 Å². The molecule has 0 spiro atoms. The standard InChI is InChI=1S/C15H27N3OS/c1-4-11(2)14-13(9-16)20-15(17-14)18(3)10-12-5-7-19-8-6-12/h11-12H,4-10,16H2,1-3H3. The first-order valence-corrected chi connectivity index (χ1v) is 8.45. The molecule has 1 aliphatic rings. The minimum atomic E-state index is 0.495. The van der Waals surface area contributed by atoms with Gasteiger partial charge in [0.15, 0.2) is 5.13 Å². The Morgan fingerprint density at radius 3 is 2.75 bits per heavy atom. The lowest BCUT2D eigenvalue weighted by molar-refractivity contribution is 0.0685. The van der Waals surface area contributed by atoms with E-state index in [2.05, 4.69) is 25.8 Å².